The maximum atomic E-state index is 11.6. The molecule has 4 unspecified atom stereocenters. The SMILES string of the molecule is CC(=O)CC[C@@H](C)[C@H]1CC[C@H]2C3C(CO)CC4CCCCC4(C)[C@@]3(N)CC[C@]12C. The Hall–Kier alpha value is -0.410. The quantitative estimate of drug-likeness (QED) is 0.651. The van der Waals surface area contributed by atoms with E-state index in [9.17, 15) is 9.90 Å². The number of aliphatic hydroxyl groups excluding tert-OH is 1. The normalized spacial score (nSPS) is 50.3. The van der Waals surface area contributed by atoms with Crippen LogP contribution in [0.5, 0.6) is 0 Å². The predicted octanol–water partition coefficient (Wildman–Crippen LogP) is 5.34. The number of carbonyl (C=O) groups is 1. The first-order chi connectivity index (χ1) is 13.7. The monoisotopic (exact) mass is 403 g/mol. The number of hydrogen-bond donors (Lipinski definition) is 2. The van der Waals surface area contributed by atoms with E-state index in [1.54, 1.807) is 6.92 Å². The van der Waals surface area contributed by atoms with Gasteiger partial charge in [0.15, 0.2) is 0 Å². The number of carbonyl (C=O) groups excluding carboxylic acids is 1. The van der Waals surface area contributed by atoms with Gasteiger partial charge in [-0.05, 0) is 105 Å². The molecule has 0 heterocycles. The van der Waals surface area contributed by atoms with Gasteiger partial charge in [0.25, 0.3) is 0 Å². The van der Waals surface area contributed by atoms with Gasteiger partial charge in [-0.1, -0.05) is 33.6 Å². The van der Waals surface area contributed by atoms with Crippen LogP contribution in [0.25, 0.3) is 0 Å². The van der Waals surface area contributed by atoms with Gasteiger partial charge < -0.3 is 15.6 Å². The lowest BCUT2D eigenvalue weighted by atomic mass is 9.39. The average Bonchev–Trinajstić information content (AvgIpc) is 3.03. The fraction of sp³-hybridized carbons (Fsp3) is 0.962. The van der Waals surface area contributed by atoms with Crippen molar-refractivity contribution >= 4 is 5.78 Å². The van der Waals surface area contributed by atoms with E-state index in [2.05, 4.69) is 20.8 Å². The summed E-state index contributed by atoms with van der Waals surface area (Å²) in [6, 6.07) is 0. The van der Waals surface area contributed by atoms with E-state index < -0.39 is 0 Å². The van der Waals surface area contributed by atoms with Crippen molar-refractivity contribution in [2.75, 3.05) is 6.61 Å². The summed E-state index contributed by atoms with van der Waals surface area (Å²) in [5.74, 6) is 3.82. The first-order valence-corrected chi connectivity index (χ1v) is 12.6. The smallest absolute Gasteiger partial charge is 0.129 e. The summed E-state index contributed by atoms with van der Waals surface area (Å²) in [5.41, 5.74) is 7.97. The molecule has 166 valence electrons. The number of rotatable bonds is 5. The molecule has 29 heavy (non-hydrogen) atoms. The van der Waals surface area contributed by atoms with Crippen LogP contribution in [0.1, 0.15) is 98.3 Å². The lowest BCUT2D eigenvalue weighted by Crippen LogP contribution is -2.72. The molecule has 4 rings (SSSR count). The van der Waals surface area contributed by atoms with Gasteiger partial charge in [0.05, 0.1) is 0 Å². The average molecular weight is 404 g/mol. The Bertz CT molecular complexity index is 634. The predicted molar refractivity (Wildman–Crippen MR) is 118 cm³/mol. The highest BCUT2D eigenvalue weighted by Gasteiger charge is 2.67. The molecule has 4 aliphatic carbocycles. The van der Waals surface area contributed by atoms with Crippen LogP contribution >= 0.6 is 0 Å². The van der Waals surface area contributed by atoms with Crippen molar-refractivity contribution in [3.8, 4) is 0 Å². The molecular weight excluding hydrogens is 358 g/mol. The summed E-state index contributed by atoms with van der Waals surface area (Å²) in [6.07, 6.45) is 13.1. The zero-order chi connectivity index (χ0) is 21.0. The standard InChI is InChI=1S/C26H45NO2/c1-17(8-9-18(2)29)21-10-11-22-23-19(16-28)15-20-7-5-6-12-25(20,4)26(23,27)14-13-24(21,22)3/h17,19-23,28H,5-16,27H2,1-4H3/t17-,19?,20?,21-,22+,23?,24-,25?,26-/m1/s1. The molecule has 4 saturated carbocycles. The highest BCUT2D eigenvalue weighted by Crippen LogP contribution is 2.70. The van der Waals surface area contributed by atoms with Gasteiger partial charge in [-0.15, -0.1) is 0 Å². The number of ketones is 1. The largest absolute Gasteiger partial charge is 0.396 e. The highest BCUT2D eigenvalue weighted by atomic mass is 16.3. The zero-order valence-corrected chi connectivity index (χ0v) is 19.4. The van der Waals surface area contributed by atoms with E-state index in [1.807, 2.05) is 0 Å². The fourth-order valence-electron chi connectivity index (χ4n) is 9.33. The minimum absolute atomic E-state index is 0.106. The topological polar surface area (TPSA) is 63.3 Å². The van der Waals surface area contributed by atoms with Crippen molar-refractivity contribution in [1.29, 1.82) is 0 Å². The van der Waals surface area contributed by atoms with Crippen molar-refractivity contribution in [3.05, 3.63) is 0 Å². The Morgan fingerprint density at radius 1 is 1.14 bits per heavy atom. The van der Waals surface area contributed by atoms with Crippen LogP contribution in [-0.4, -0.2) is 23.0 Å². The van der Waals surface area contributed by atoms with Gasteiger partial charge in [-0.3, -0.25) is 0 Å². The van der Waals surface area contributed by atoms with E-state index in [1.165, 1.54) is 51.4 Å². The van der Waals surface area contributed by atoms with Gasteiger partial charge >= 0.3 is 0 Å². The number of nitrogens with two attached hydrogens (primary N) is 1. The third-order valence-electron chi connectivity index (χ3n) is 11.0. The zero-order valence-electron chi connectivity index (χ0n) is 19.4. The first kappa shape index (κ1) is 21.8. The van der Waals surface area contributed by atoms with Crippen LogP contribution in [0.3, 0.4) is 0 Å². The molecule has 0 aromatic carbocycles. The van der Waals surface area contributed by atoms with Crippen molar-refractivity contribution in [2.24, 2.45) is 52.1 Å². The van der Waals surface area contributed by atoms with E-state index in [0.717, 1.165) is 19.3 Å². The van der Waals surface area contributed by atoms with E-state index >= 15 is 0 Å². The Balaban J connectivity index is 1.64. The molecule has 4 fully saturated rings. The van der Waals surface area contributed by atoms with Crippen molar-refractivity contribution in [1.82, 2.24) is 0 Å². The highest BCUT2D eigenvalue weighted by molar-refractivity contribution is 5.75. The van der Waals surface area contributed by atoms with Crippen LogP contribution in [0.2, 0.25) is 0 Å². The second kappa shape index (κ2) is 7.62. The van der Waals surface area contributed by atoms with Crippen LogP contribution in [0.15, 0.2) is 0 Å². The molecule has 0 spiro atoms. The van der Waals surface area contributed by atoms with Gasteiger partial charge in [0.1, 0.15) is 5.78 Å². The van der Waals surface area contributed by atoms with Crippen molar-refractivity contribution < 1.29 is 9.90 Å². The maximum Gasteiger partial charge on any atom is 0.129 e. The molecule has 0 amide bonds. The van der Waals surface area contributed by atoms with E-state index in [-0.39, 0.29) is 11.0 Å². The van der Waals surface area contributed by atoms with E-state index in [0.29, 0.717) is 53.3 Å². The molecule has 0 radical (unpaired) electrons. The molecule has 4 aliphatic rings. The van der Waals surface area contributed by atoms with Gasteiger partial charge in [0, 0.05) is 18.6 Å². The Morgan fingerprint density at radius 3 is 2.59 bits per heavy atom. The van der Waals surface area contributed by atoms with Crippen LogP contribution in [-0.2, 0) is 4.79 Å². The molecule has 0 aromatic heterocycles. The molecule has 0 aliphatic heterocycles. The Labute approximate surface area is 178 Å². The summed E-state index contributed by atoms with van der Waals surface area (Å²) >= 11 is 0. The van der Waals surface area contributed by atoms with Gasteiger partial charge in [0.2, 0.25) is 0 Å². The van der Waals surface area contributed by atoms with Crippen LogP contribution in [0.4, 0.5) is 0 Å². The maximum absolute atomic E-state index is 11.6. The number of Topliss-reactive ketones (excluding diaryl/α,β-unsaturated/α-hetero) is 1. The lowest BCUT2D eigenvalue weighted by Gasteiger charge is -2.68. The molecule has 0 bridgehead atoms. The first-order valence-electron chi connectivity index (χ1n) is 12.6. The third kappa shape index (κ3) is 3.16. The summed E-state index contributed by atoms with van der Waals surface area (Å²) < 4.78 is 0. The van der Waals surface area contributed by atoms with Crippen molar-refractivity contribution in [2.45, 2.75) is 104 Å². The molecular formula is C26H45NO2. The second-order valence-electron chi connectivity index (χ2n) is 12.1. The summed E-state index contributed by atoms with van der Waals surface area (Å²) in [6.45, 7) is 9.48. The Kier molecular flexibility index (Phi) is 5.73. The summed E-state index contributed by atoms with van der Waals surface area (Å²) in [5, 5.41) is 10.4. The molecule has 0 saturated heterocycles. The molecule has 3 N–H and O–H groups in total. The van der Waals surface area contributed by atoms with Crippen LogP contribution in [0, 0.1) is 46.3 Å². The third-order valence-corrected chi connectivity index (χ3v) is 11.0. The lowest BCUT2D eigenvalue weighted by molar-refractivity contribution is -0.164. The van der Waals surface area contributed by atoms with E-state index in [4.69, 9.17) is 5.73 Å². The number of aliphatic hydroxyl groups is 1. The second-order valence-corrected chi connectivity index (χ2v) is 12.1. The van der Waals surface area contributed by atoms with Gasteiger partial charge in [-0.2, -0.15) is 0 Å². The molecule has 0 aromatic rings. The van der Waals surface area contributed by atoms with Crippen molar-refractivity contribution in [3.63, 3.8) is 0 Å². The molecule has 9 atom stereocenters. The fourth-order valence-corrected chi connectivity index (χ4v) is 9.33. The minimum atomic E-state index is -0.106. The van der Waals surface area contributed by atoms with Gasteiger partial charge in [-0.25, -0.2) is 0 Å². The number of fused-ring (bicyclic) bond motifs is 5. The molecule has 3 nitrogen and oxygen atoms in total. The minimum Gasteiger partial charge on any atom is -0.396 e. The Morgan fingerprint density at radius 2 is 1.90 bits per heavy atom. The summed E-state index contributed by atoms with van der Waals surface area (Å²) in [4.78, 5) is 11.6. The molecule has 3 heteroatoms. The number of hydrogen-bond acceptors (Lipinski definition) is 3. The van der Waals surface area contributed by atoms with Crippen LogP contribution < -0.4 is 5.73 Å². The summed E-state index contributed by atoms with van der Waals surface area (Å²) in [7, 11) is 0.